The fraction of sp³-hybridized carbons (Fsp3) is 0.333. The normalized spacial score (nSPS) is 16.1. The monoisotopic (exact) mass is 475 g/mol. The first-order valence-corrected chi connectivity index (χ1v) is 11.6. The number of hydrogen-bond donors (Lipinski definition) is 1. The van der Waals surface area contributed by atoms with Crippen LogP contribution >= 0.6 is 0 Å². The van der Waals surface area contributed by atoms with E-state index < -0.39 is 23.6 Å². The van der Waals surface area contributed by atoms with E-state index in [1.54, 1.807) is 45.0 Å². The van der Waals surface area contributed by atoms with Crippen LogP contribution in [0.3, 0.4) is 0 Å². The number of ketones is 1. The number of benzene rings is 2. The maximum atomic E-state index is 13.4. The second-order valence-electron chi connectivity index (χ2n) is 9.11. The van der Waals surface area contributed by atoms with Gasteiger partial charge >= 0.3 is 0 Å². The van der Waals surface area contributed by atoms with Crippen molar-refractivity contribution in [2.24, 2.45) is 5.92 Å². The van der Waals surface area contributed by atoms with Gasteiger partial charge < -0.3 is 14.4 Å². The Morgan fingerprint density at radius 1 is 1.11 bits per heavy atom. The molecule has 2 aromatic carbocycles. The van der Waals surface area contributed by atoms with Crippen molar-refractivity contribution in [3.8, 4) is 11.5 Å². The Balaban J connectivity index is 1.81. The number of Topliss-reactive ketones (excluding diaryl/α,β-unsaturated/α-hetero) is 1. The van der Waals surface area contributed by atoms with Crippen molar-refractivity contribution in [1.29, 1.82) is 0 Å². The SMILES string of the molecule is Cc1noc(-c2ccc(N3C(=O)C(O)=C(C(=O)C(C)C)C3c3ccccc3COC(C)C)cc2)n1. The minimum Gasteiger partial charge on any atom is -0.503 e. The predicted octanol–water partition coefficient (Wildman–Crippen LogP) is 5.10. The molecule has 0 aliphatic carbocycles. The molecule has 2 heterocycles. The highest BCUT2D eigenvalue weighted by Crippen LogP contribution is 2.43. The molecule has 1 atom stereocenters. The van der Waals surface area contributed by atoms with Crippen LogP contribution in [0.15, 0.2) is 64.4 Å². The smallest absolute Gasteiger partial charge is 0.294 e. The number of aliphatic hydroxyl groups is 1. The number of amides is 1. The molecule has 0 saturated heterocycles. The van der Waals surface area contributed by atoms with E-state index in [0.29, 0.717) is 29.6 Å². The lowest BCUT2D eigenvalue weighted by Gasteiger charge is -2.29. The van der Waals surface area contributed by atoms with Gasteiger partial charge in [0.1, 0.15) is 0 Å². The highest BCUT2D eigenvalue weighted by atomic mass is 16.5. The van der Waals surface area contributed by atoms with Gasteiger partial charge in [0.05, 0.1) is 24.3 Å². The van der Waals surface area contributed by atoms with Gasteiger partial charge in [-0.1, -0.05) is 43.3 Å². The summed E-state index contributed by atoms with van der Waals surface area (Å²) in [4.78, 5) is 32.3. The summed E-state index contributed by atoms with van der Waals surface area (Å²) in [5, 5.41) is 14.7. The first-order chi connectivity index (χ1) is 16.7. The van der Waals surface area contributed by atoms with Gasteiger partial charge in [-0.15, -0.1) is 0 Å². The van der Waals surface area contributed by atoms with Crippen LogP contribution < -0.4 is 4.90 Å². The Labute approximate surface area is 204 Å². The highest BCUT2D eigenvalue weighted by molar-refractivity contribution is 6.17. The lowest BCUT2D eigenvalue weighted by molar-refractivity contribution is -0.119. The summed E-state index contributed by atoms with van der Waals surface area (Å²) in [6, 6.07) is 13.7. The summed E-state index contributed by atoms with van der Waals surface area (Å²) >= 11 is 0. The second kappa shape index (κ2) is 9.84. The van der Waals surface area contributed by atoms with Crippen molar-refractivity contribution in [3.63, 3.8) is 0 Å². The Hall–Kier alpha value is -3.78. The molecule has 0 spiro atoms. The van der Waals surface area contributed by atoms with Gasteiger partial charge in [-0.05, 0) is 56.2 Å². The maximum Gasteiger partial charge on any atom is 0.294 e. The molecule has 1 N–H and O–H groups in total. The molecular weight excluding hydrogens is 446 g/mol. The molecule has 3 aromatic rings. The van der Waals surface area contributed by atoms with Crippen molar-refractivity contribution >= 4 is 17.4 Å². The van der Waals surface area contributed by atoms with Crippen LogP contribution in [-0.4, -0.2) is 33.0 Å². The molecule has 182 valence electrons. The zero-order valence-electron chi connectivity index (χ0n) is 20.5. The minimum atomic E-state index is -0.791. The van der Waals surface area contributed by atoms with Gasteiger partial charge in [-0.2, -0.15) is 4.98 Å². The summed E-state index contributed by atoms with van der Waals surface area (Å²) < 4.78 is 11.1. The maximum absolute atomic E-state index is 13.4. The largest absolute Gasteiger partial charge is 0.503 e. The van der Waals surface area contributed by atoms with Gasteiger partial charge in [0, 0.05) is 17.2 Å². The first-order valence-electron chi connectivity index (χ1n) is 11.6. The quantitative estimate of drug-likeness (QED) is 0.483. The Morgan fingerprint density at radius 2 is 1.80 bits per heavy atom. The summed E-state index contributed by atoms with van der Waals surface area (Å²) in [5.41, 5.74) is 2.88. The van der Waals surface area contributed by atoms with Crippen LogP contribution in [0.5, 0.6) is 0 Å². The van der Waals surface area contributed by atoms with Gasteiger partial charge in [0.2, 0.25) is 0 Å². The van der Waals surface area contributed by atoms with E-state index in [4.69, 9.17) is 9.26 Å². The van der Waals surface area contributed by atoms with Crippen LogP contribution in [0.4, 0.5) is 5.69 Å². The van der Waals surface area contributed by atoms with Gasteiger partial charge in [0.15, 0.2) is 17.4 Å². The van der Waals surface area contributed by atoms with E-state index >= 15 is 0 Å². The minimum absolute atomic E-state index is 0.00552. The fourth-order valence-electron chi connectivity index (χ4n) is 4.10. The number of carbonyl (C=O) groups is 2. The summed E-state index contributed by atoms with van der Waals surface area (Å²) in [6.07, 6.45) is 0.00552. The molecule has 1 aliphatic heterocycles. The molecule has 1 aromatic heterocycles. The Kier molecular flexibility index (Phi) is 6.84. The van der Waals surface area contributed by atoms with Gasteiger partial charge in [0.25, 0.3) is 11.8 Å². The molecular formula is C27H29N3O5. The number of carbonyl (C=O) groups excluding carboxylic acids is 2. The third kappa shape index (κ3) is 4.74. The fourth-order valence-corrected chi connectivity index (χ4v) is 4.10. The van der Waals surface area contributed by atoms with E-state index in [-0.39, 0.29) is 17.5 Å². The number of aliphatic hydroxyl groups excluding tert-OH is 1. The summed E-state index contributed by atoms with van der Waals surface area (Å²) in [6.45, 7) is 9.44. The number of anilines is 1. The van der Waals surface area contributed by atoms with Crippen LogP contribution in [-0.2, 0) is 20.9 Å². The molecule has 8 nitrogen and oxygen atoms in total. The van der Waals surface area contributed by atoms with Crippen LogP contribution in [0.2, 0.25) is 0 Å². The zero-order valence-corrected chi connectivity index (χ0v) is 20.5. The molecule has 0 bridgehead atoms. The molecule has 1 aliphatic rings. The van der Waals surface area contributed by atoms with Crippen molar-refractivity contribution in [1.82, 2.24) is 10.1 Å². The average molecular weight is 476 g/mol. The van der Waals surface area contributed by atoms with Crippen molar-refractivity contribution in [2.75, 3.05) is 4.90 Å². The van der Waals surface area contributed by atoms with E-state index in [2.05, 4.69) is 10.1 Å². The number of aromatic nitrogens is 2. The molecule has 0 fully saturated rings. The Bertz CT molecular complexity index is 1270. The van der Waals surface area contributed by atoms with E-state index in [1.165, 1.54) is 4.90 Å². The third-order valence-corrected chi connectivity index (χ3v) is 5.84. The van der Waals surface area contributed by atoms with Crippen LogP contribution in [0.25, 0.3) is 11.5 Å². The van der Waals surface area contributed by atoms with Gasteiger partial charge in [-0.3, -0.25) is 14.5 Å². The number of rotatable bonds is 8. The zero-order chi connectivity index (χ0) is 25.3. The lowest BCUT2D eigenvalue weighted by Crippen LogP contribution is -2.32. The molecule has 1 unspecified atom stereocenters. The summed E-state index contributed by atoms with van der Waals surface area (Å²) in [5.74, 6) is -0.938. The number of aryl methyl sites for hydroxylation is 1. The molecule has 8 heteroatoms. The topological polar surface area (TPSA) is 106 Å². The standard InChI is InChI=1S/C27H29N3O5/c1-15(2)24(31)22-23(21-9-7-6-8-19(21)14-34-16(3)4)30(27(33)25(22)32)20-12-10-18(11-13-20)26-28-17(5)29-35-26/h6-13,15-16,23,32H,14H2,1-5H3. The molecule has 0 radical (unpaired) electrons. The van der Waals surface area contributed by atoms with Crippen molar-refractivity contribution in [3.05, 3.63) is 76.8 Å². The number of nitrogens with zero attached hydrogens (tertiary/aromatic N) is 3. The van der Waals surface area contributed by atoms with Crippen LogP contribution in [0, 0.1) is 12.8 Å². The number of hydrogen-bond acceptors (Lipinski definition) is 7. The molecule has 35 heavy (non-hydrogen) atoms. The second-order valence-corrected chi connectivity index (χ2v) is 9.11. The van der Waals surface area contributed by atoms with E-state index in [9.17, 15) is 14.7 Å². The van der Waals surface area contributed by atoms with Crippen molar-refractivity contribution < 1.29 is 24.0 Å². The lowest BCUT2D eigenvalue weighted by atomic mass is 9.89. The highest BCUT2D eigenvalue weighted by Gasteiger charge is 2.45. The van der Waals surface area contributed by atoms with Gasteiger partial charge in [-0.25, -0.2) is 0 Å². The average Bonchev–Trinajstić information content (AvgIpc) is 3.38. The van der Waals surface area contributed by atoms with E-state index in [0.717, 1.165) is 11.1 Å². The number of ether oxygens (including phenoxy) is 1. The molecule has 4 rings (SSSR count). The van der Waals surface area contributed by atoms with Crippen molar-refractivity contribution in [2.45, 2.75) is 53.4 Å². The first kappa shape index (κ1) is 24.3. The predicted molar refractivity (Wildman–Crippen MR) is 131 cm³/mol. The van der Waals surface area contributed by atoms with E-state index in [1.807, 2.05) is 38.1 Å². The Morgan fingerprint density at radius 3 is 2.40 bits per heavy atom. The molecule has 0 saturated carbocycles. The van der Waals surface area contributed by atoms with Crippen LogP contribution in [0.1, 0.15) is 50.7 Å². The summed E-state index contributed by atoms with van der Waals surface area (Å²) in [7, 11) is 0. The molecule has 1 amide bonds. The third-order valence-electron chi connectivity index (χ3n) is 5.84.